The van der Waals surface area contributed by atoms with Gasteiger partial charge in [-0.15, -0.1) is 0 Å². The van der Waals surface area contributed by atoms with E-state index in [0.717, 1.165) is 18.4 Å². The molecule has 0 bridgehead atoms. The van der Waals surface area contributed by atoms with E-state index in [1.54, 1.807) is 6.08 Å². The Bertz CT molecular complexity index is 92.6. The third-order valence-electron chi connectivity index (χ3n) is 0.999. The van der Waals surface area contributed by atoms with E-state index in [-0.39, 0.29) is 0 Å². The van der Waals surface area contributed by atoms with Crippen LogP contribution in [0.1, 0.15) is 26.7 Å². The Labute approximate surface area is 50.4 Å². The van der Waals surface area contributed by atoms with E-state index in [1.165, 1.54) is 0 Å². The van der Waals surface area contributed by atoms with Gasteiger partial charge >= 0.3 is 0 Å². The van der Waals surface area contributed by atoms with Crippen LogP contribution in [0.25, 0.3) is 0 Å². The number of rotatable bonds is 3. The maximum atomic E-state index is 9.93. The Morgan fingerprint density at radius 1 is 1.75 bits per heavy atom. The van der Waals surface area contributed by atoms with Crippen molar-refractivity contribution in [2.45, 2.75) is 26.7 Å². The maximum absolute atomic E-state index is 9.93. The van der Waals surface area contributed by atoms with Gasteiger partial charge in [0, 0.05) is 0 Å². The van der Waals surface area contributed by atoms with Crippen LogP contribution in [0.2, 0.25) is 0 Å². The maximum Gasteiger partial charge on any atom is 0.228 e. The van der Waals surface area contributed by atoms with Crippen molar-refractivity contribution in [2.24, 2.45) is 0 Å². The fourth-order valence-electron chi connectivity index (χ4n) is 0.524. The summed E-state index contributed by atoms with van der Waals surface area (Å²) in [5.74, 6) is 0. The molecule has 0 aromatic heterocycles. The highest BCUT2D eigenvalue weighted by Crippen LogP contribution is 1.98. The molecule has 0 rings (SSSR count). The van der Waals surface area contributed by atoms with Crippen LogP contribution < -0.4 is 0 Å². The van der Waals surface area contributed by atoms with Crippen molar-refractivity contribution in [1.29, 1.82) is 0 Å². The molecule has 0 aromatic rings. The lowest BCUT2D eigenvalue weighted by Gasteiger charge is -1.88. The Kier molecular flexibility index (Phi) is 4.23. The number of allylic oxidation sites excluding steroid dienone is 2. The van der Waals surface area contributed by atoms with Crippen molar-refractivity contribution < 1.29 is 4.79 Å². The lowest BCUT2D eigenvalue weighted by molar-refractivity contribution is 0.559. The van der Waals surface area contributed by atoms with Crippen LogP contribution >= 0.6 is 0 Å². The molecular weight excluding hydrogens is 100 g/mol. The highest BCUT2D eigenvalue weighted by molar-refractivity contribution is 5.73. The monoisotopic (exact) mass is 111 g/mol. The molecule has 0 spiro atoms. The van der Waals surface area contributed by atoms with Gasteiger partial charge in [0.2, 0.25) is 6.29 Å². The largest absolute Gasteiger partial charge is 0.285 e. The van der Waals surface area contributed by atoms with Gasteiger partial charge in [-0.2, -0.15) is 0 Å². The third kappa shape index (κ3) is 2.56. The molecule has 0 heterocycles. The highest BCUT2D eigenvalue weighted by Gasteiger charge is 1.88. The Morgan fingerprint density at radius 3 is 2.50 bits per heavy atom. The van der Waals surface area contributed by atoms with E-state index in [2.05, 4.69) is 0 Å². The molecule has 1 radical (unpaired) electrons. The van der Waals surface area contributed by atoms with Gasteiger partial charge in [-0.3, -0.25) is 4.79 Å². The highest BCUT2D eigenvalue weighted by atomic mass is 16.1. The zero-order valence-electron chi connectivity index (χ0n) is 5.40. The molecular formula is C7H11O. The molecule has 0 N–H and O–H groups in total. The molecule has 0 fully saturated rings. The second kappa shape index (κ2) is 4.57. The van der Waals surface area contributed by atoms with E-state index in [4.69, 9.17) is 0 Å². The fourth-order valence-corrected chi connectivity index (χ4v) is 0.524. The molecule has 0 aromatic carbocycles. The summed E-state index contributed by atoms with van der Waals surface area (Å²) in [7, 11) is 0. The lowest BCUT2D eigenvalue weighted by atomic mass is 10.2. The average Bonchev–Trinajstić information content (AvgIpc) is 1.83. The first-order valence-corrected chi connectivity index (χ1v) is 2.88. The van der Waals surface area contributed by atoms with E-state index in [1.807, 2.05) is 20.1 Å². The molecule has 0 atom stereocenters. The summed E-state index contributed by atoms with van der Waals surface area (Å²) in [5, 5.41) is 0. The molecule has 1 heteroatoms. The van der Waals surface area contributed by atoms with E-state index in [9.17, 15) is 4.79 Å². The van der Waals surface area contributed by atoms with Crippen LogP contribution in [-0.2, 0) is 4.79 Å². The number of hydrogen-bond donors (Lipinski definition) is 0. The topological polar surface area (TPSA) is 17.1 Å². The van der Waals surface area contributed by atoms with Crippen molar-refractivity contribution >= 4 is 6.29 Å². The standard InChI is InChI=1S/C7H11O/c1-3-5-7(4-2)6-8/h4H,3,5H2,1-2H3/b7-4-. The second-order valence-corrected chi connectivity index (χ2v) is 1.67. The molecule has 0 saturated carbocycles. The smallest absolute Gasteiger partial charge is 0.228 e. The van der Waals surface area contributed by atoms with Crippen molar-refractivity contribution in [3.8, 4) is 0 Å². The predicted molar refractivity (Wildman–Crippen MR) is 34.4 cm³/mol. The summed E-state index contributed by atoms with van der Waals surface area (Å²) < 4.78 is 0. The first kappa shape index (κ1) is 7.41. The average molecular weight is 111 g/mol. The Morgan fingerprint density at radius 2 is 2.38 bits per heavy atom. The zero-order chi connectivity index (χ0) is 6.41. The van der Waals surface area contributed by atoms with E-state index < -0.39 is 0 Å². The minimum atomic E-state index is 0.785. The van der Waals surface area contributed by atoms with Crippen LogP contribution in [0.3, 0.4) is 0 Å². The van der Waals surface area contributed by atoms with Crippen molar-refractivity contribution in [3.05, 3.63) is 11.6 Å². The summed E-state index contributed by atoms with van der Waals surface area (Å²) in [6, 6.07) is 0. The SMILES string of the molecule is C/C=C(\[C]=O)CCC. The minimum Gasteiger partial charge on any atom is -0.285 e. The van der Waals surface area contributed by atoms with E-state index in [0.29, 0.717) is 0 Å². The molecule has 8 heavy (non-hydrogen) atoms. The van der Waals surface area contributed by atoms with Gasteiger partial charge in [0.25, 0.3) is 0 Å². The molecule has 0 saturated heterocycles. The molecule has 0 unspecified atom stereocenters. The molecule has 45 valence electrons. The van der Waals surface area contributed by atoms with Crippen LogP contribution in [0, 0.1) is 0 Å². The van der Waals surface area contributed by atoms with Gasteiger partial charge in [-0.1, -0.05) is 19.4 Å². The molecule has 0 aliphatic rings. The third-order valence-corrected chi connectivity index (χ3v) is 0.999. The summed E-state index contributed by atoms with van der Waals surface area (Å²) in [4.78, 5) is 9.93. The summed E-state index contributed by atoms with van der Waals surface area (Å²) in [6.45, 7) is 3.90. The summed E-state index contributed by atoms with van der Waals surface area (Å²) >= 11 is 0. The van der Waals surface area contributed by atoms with Gasteiger partial charge in [-0.05, 0) is 18.9 Å². The first-order valence-electron chi connectivity index (χ1n) is 2.88. The summed E-state index contributed by atoms with van der Waals surface area (Å²) in [6.07, 6.45) is 5.55. The normalized spacial score (nSPS) is 11.5. The molecule has 0 aliphatic heterocycles. The summed E-state index contributed by atoms with van der Waals surface area (Å²) in [5.41, 5.74) is 0.785. The quantitative estimate of drug-likeness (QED) is 0.508. The van der Waals surface area contributed by atoms with Crippen LogP contribution in [0.15, 0.2) is 11.6 Å². The first-order chi connectivity index (χ1) is 3.85. The van der Waals surface area contributed by atoms with Gasteiger partial charge in [0.05, 0.1) is 0 Å². The van der Waals surface area contributed by atoms with Crippen LogP contribution in [0.5, 0.6) is 0 Å². The molecule has 0 aliphatic carbocycles. The number of hydrogen-bond acceptors (Lipinski definition) is 1. The lowest BCUT2D eigenvalue weighted by Crippen LogP contribution is -1.80. The van der Waals surface area contributed by atoms with Crippen molar-refractivity contribution in [2.75, 3.05) is 0 Å². The van der Waals surface area contributed by atoms with Gasteiger partial charge in [0.1, 0.15) is 0 Å². The second-order valence-electron chi connectivity index (χ2n) is 1.67. The zero-order valence-corrected chi connectivity index (χ0v) is 5.40. The molecule has 0 amide bonds. The fraction of sp³-hybridized carbons (Fsp3) is 0.571. The van der Waals surface area contributed by atoms with E-state index >= 15 is 0 Å². The minimum absolute atomic E-state index is 0.785. The van der Waals surface area contributed by atoms with Crippen molar-refractivity contribution in [1.82, 2.24) is 0 Å². The van der Waals surface area contributed by atoms with Crippen LogP contribution in [-0.4, -0.2) is 6.29 Å². The Hall–Kier alpha value is -0.590. The predicted octanol–water partition coefficient (Wildman–Crippen LogP) is 1.84. The van der Waals surface area contributed by atoms with Gasteiger partial charge < -0.3 is 0 Å². The van der Waals surface area contributed by atoms with Crippen molar-refractivity contribution in [3.63, 3.8) is 0 Å². The number of carbonyl (C=O) groups excluding carboxylic acids is 1. The van der Waals surface area contributed by atoms with Gasteiger partial charge in [0.15, 0.2) is 0 Å². The van der Waals surface area contributed by atoms with Gasteiger partial charge in [-0.25, -0.2) is 0 Å². The molecule has 1 nitrogen and oxygen atoms in total. The van der Waals surface area contributed by atoms with Crippen LogP contribution in [0.4, 0.5) is 0 Å². The Balaban J connectivity index is 3.54.